The third-order valence-corrected chi connectivity index (χ3v) is 5.35. The third kappa shape index (κ3) is 4.32. The van der Waals surface area contributed by atoms with Crippen LogP contribution in [0.5, 0.6) is 5.75 Å². The normalized spacial score (nSPS) is 11.6. The highest BCUT2D eigenvalue weighted by molar-refractivity contribution is 5.92. The van der Waals surface area contributed by atoms with Gasteiger partial charge < -0.3 is 15.0 Å². The summed E-state index contributed by atoms with van der Waals surface area (Å²) in [5.74, 6) is 0.234. The number of rotatable bonds is 6. The van der Waals surface area contributed by atoms with Crippen molar-refractivity contribution in [2.24, 2.45) is 5.73 Å². The number of alkyl halides is 3. The second kappa shape index (κ2) is 8.42. The Kier molecular flexibility index (Phi) is 5.65. The van der Waals surface area contributed by atoms with Crippen LogP contribution in [-0.2, 0) is 23.9 Å². The lowest BCUT2D eigenvalue weighted by molar-refractivity contribution is -0.137. The van der Waals surface area contributed by atoms with Crippen molar-refractivity contribution in [2.75, 3.05) is 7.11 Å². The van der Waals surface area contributed by atoms with Crippen LogP contribution >= 0.6 is 0 Å². The summed E-state index contributed by atoms with van der Waals surface area (Å²) in [7, 11) is 1.60. The van der Waals surface area contributed by atoms with Gasteiger partial charge in [-0.25, -0.2) is 0 Å². The van der Waals surface area contributed by atoms with Gasteiger partial charge in [0.2, 0.25) is 5.91 Å². The Morgan fingerprint density at radius 1 is 1.03 bits per heavy atom. The van der Waals surface area contributed by atoms with Crippen LogP contribution in [0.15, 0.2) is 72.9 Å². The van der Waals surface area contributed by atoms with E-state index in [0.717, 1.165) is 39.7 Å². The highest BCUT2D eigenvalue weighted by atomic mass is 19.4. The average Bonchev–Trinajstić information content (AvgIpc) is 3.09. The number of primary amides is 1. The summed E-state index contributed by atoms with van der Waals surface area (Å²) >= 11 is 0. The second-order valence-electron chi connectivity index (χ2n) is 7.56. The standard InChI is InChI=1S/C25H21F3N2O2/c1-32-23-8-3-2-7-20(23)17-9-10-22-21(12-17)18(13-24(29)31)15-30(22)14-16-5-4-6-19(11-16)25(26,27)28/h2-12,15H,13-14H2,1H3,(H2,29,31). The summed E-state index contributed by atoms with van der Waals surface area (Å²) in [5.41, 5.74) is 8.58. The first-order chi connectivity index (χ1) is 15.3. The van der Waals surface area contributed by atoms with Crippen molar-refractivity contribution in [1.82, 2.24) is 4.57 Å². The number of halogens is 3. The van der Waals surface area contributed by atoms with E-state index in [1.807, 2.05) is 47.0 Å². The Morgan fingerprint density at radius 3 is 2.53 bits per heavy atom. The van der Waals surface area contributed by atoms with E-state index in [1.165, 1.54) is 6.07 Å². The molecule has 1 aromatic heterocycles. The second-order valence-corrected chi connectivity index (χ2v) is 7.56. The number of hydrogen-bond donors (Lipinski definition) is 1. The Bertz CT molecular complexity index is 1290. The topological polar surface area (TPSA) is 57.2 Å². The molecule has 0 aliphatic rings. The summed E-state index contributed by atoms with van der Waals surface area (Å²) < 4.78 is 46.6. The van der Waals surface area contributed by atoms with E-state index in [9.17, 15) is 18.0 Å². The van der Waals surface area contributed by atoms with E-state index in [-0.39, 0.29) is 13.0 Å². The molecule has 3 aromatic carbocycles. The number of carbonyl (C=O) groups excluding carboxylic acids is 1. The van der Waals surface area contributed by atoms with E-state index in [2.05, 4.69) is 0 Å². The molecule has 4 nitrogen and oxygen atoms in total. The molecule has 7 heteroatoms. The Morgan fingerprint density at radius 2 is 1.81 bits per heavy atom. The van der Waals surface area contributed by atoms with Crippen molar-refractivity contribution in [2.45, 2.75) is 19.1 Å². The number of nitrogens with zero attached hydrogens (tertiary/aromatic N) is 1. The minimum atomic E-state index is -4.41. The van der Waals surface area contributed by atoms with Crippen LogP contribution in [0.2, 0.25) is 0 Å². The van der Waals surface area contributed by atoms with E-state index < -0.39 is 17.6 Å². The lowest BCUT2D eigenvalue weighted by Crippen LogP contribution is -2.13. The van der Waals surface area contributed by atoms with Crippen LogP contribution < -0.4 is 10.5 Å². The molecular weight excluding hydrogens is 417 g/mol. The smallest absolute Gasteiger partial charge is 0.416 e. The molecule has 1 heterocycles. The molecule has 0 aliphatic carbocycles. The molecule has 4 rings (SSSR count). The zero-order valence-corrected chi connectivity index (χ0v) is 17.3. The maximum Gasteiger partial charge on any atom is 0.416 e. The Balaban J connectivity index is 1.80. The SMILES string of the molecule is COc1ccccc1-c1ccc2c(c1)c(CC(N)=O)cn2Cc1cccc(C(F)(F)F)c1. The summed E-state index contributed by atoms with van der Waals surface area (Å²) in [5, 5.41) is 0.819. The van der Waals surface area contributed by atoms with E-state index >= 15 is 0 Å². The van der Waals surface area contributed by atoms with Crippen molar-refractivity contribution in [3.05, 3.63) is 89.6 Å². The van der Waals surface area contributed by atoms with Crippen LogP contribution in [0.4, 0.5) is 13.2 Å². The number of nitrogens with two attached hydrogens (primary N) is 1. The minimum Gasteiger partial charge on any atom is -0.496 e. The molecule has 1 amide bonds. The Labute approximate surface area is 183 Å². The molecule has 0 radical (unpaired) electrons. The van der Waals surface area contributed by atoms with Gasteiger partial charge in [0.15, 0.2) is 0 Å². The molecule has 32 heavy (non-hydrogen) atoms. The molecule has 0 spiro atoms. The van der Waals surface area contributed by atoms with Crippen molar-refractivity contribution < 1.29 is 22.7 Å². The monoisotopic (exact) mass is 438 g/mol. The summed E-state index contributed by atoms with van der Waals surface area (Å²) in [6.45, 7) is 0.229. The molecule has 0 saturated carbocycles. The maximum absolute atomic E-state index is 13.1. The fourth-order valence-corrected chi connectivity index (χ4v) is 3.92. The molecule has 4 aromatic rings. The quantitative estimate of drug-likeness (QED) is 0.438. The lowest BCUT2D eigenvalue weighted by Gasteiger charge is -2.11. The fourth-order valence-electron chi connectivity index (χ4n) is 3.92. The average molecular weight is 438 g/mol. The summed E-state index contributed by atoms with van der Waals surface area (Å²) in [6, 6.07) is 18.6. The minimum absolute atomic E-state index is 0.0292. The molecule has 2 N–H and O–H groups in total. The predicted octanol–water partition coefficient (Wildman–Crippen LogP) is 5.41. The van der Waals surface area contributed by atoms with Gasteiger partial charge in [-0.3, -0.25) is 4.79 Å². The maximum atomic E-state index is 13.1. The van der Waals surface area contributed by atoms with Gasteiger partial charge in [0.05, 0.1) is 19.1 Å². The van der Waals surface area contributed by atoms with Gasteiger partial charge in [-0.1, -0.05) is 36.4 Å². The molecule has 164 valence electrons. The number of aromatic nitrogens is 1. The van der Waals surface area contributed by atoms with Gasteiger partial charge in [0.1, 0.15) is 5.75 Å². The van der Waals surface area contributed by atoms with Crippen LogP contribution in [0.25, 0.3) is 22.0 Å². The van der Waals surface area contributed by atoms with Gasteiger partial charge in [-0.05, 0) is 47.0 Å². The van der Waals surface area contributed by atoms with Crippen LogP contribution in [0.3, 0.4) is 0 Å². The van der Waals surface area contributed by atoms with E-state index in [4.69, 9.17) is 10.5 Å². The molecule has 0 bridgehead atoms. The fraction of sp³-hybridized carbons (Fsp3) is 0.160. The number of benzene rings is 3. The van der Waals surface area contributed by atoms with Gasteiger partial charge in [-0.2, -0.15) is 13.2 Å². The van der Waals surface area contributed by atoms with Crippen LogP contribution in [-0.4, -0.2) is 17.6 Å². The van der Waals surface area contributed by atoms with Crippen molar-refractivity contribution in [3.63, 3.8) is 0 Å². The molecular formula is C25H21F3N2O2. The highest BCUT2D eigenvalue weighted by Crippen LogP contribution is 2.34. The number of amides is 1. The van der Waals surface area contributed by atoms with E-state index in [1.54, 1.807) is 19.4 Å². The number of fused-ring (bicyclic) bond motifs is 1. The van der Waals surface area contributed by atoms with Crippen LogP contribution in [0.1, 0.15) is 16.7 Å². The van der Waals surface area contributed by atoms with Gasteiger partial charge in [0, 0.05) is 29.2 Å². The zero-order valence-electron chi connectivity index (χ0n) is 17.3. The molecule has 0 unspecified atom stereocenters. The third-order valence-electron chi connectivity index (χ3n) is 5.35. The predicted molar refractivity (Wildman–Crippen MR) is 117 cm³/mol. The number of carbonyl (C=O) groups is 1. The zero-order chi connectivity index (χ0) is 22.9. The highest BCUT2D eigenvalue weighted by Gasteiger charge is 2.30. The van der Waals surface area contributed by atoms with Crippen LogP contribution in [0, 0.1) is 0 Å². The molecule has 0 aliphatic heterocycles. The van der Waals surface area contributed by atoms with Gasteiger partial charge in [-0.15, -0.1) is 0 Å². The van der Waals surface area contributed by atoms with Crippen molar-refractivity contribution >= 4 is 16.8 Å². The van der Waals surface area contributed by atoms with Crippen molar-refractivity contribution in [1.29, 1.82) is 0 Å². The largest absolute Gasteiger partial charge is 0.496 e. The number of hydrogen-bond acceptors (Lipinski definition) is 2. The van der Waals surface area contributed by atoms with Crippen molar-refractivity contribution in [3.8, 4) is 16.9 Å². The molecule has 0 saturated heterocycles. The first kappa shape index (κ1) is 21.5. The number of methoxy groups -OCH3 is 1. The first-order valence-corrected chi connectivity index (χ1v) is 9.96. The Hall–Kier alpha value is -3.74. The van der Waals surface area contributed by atoms with Gasteiger partial charge in [0.25, 0.3) is 0 Å². The summed E-state index contributed by atoms with van der Waals surface area (Å²) in [4.78, 5) is 11.7. The summed E-state index contributed by atoms with van der Waals surface area (Å²) in [6.07, 6.45) is -2.60. The number of ether oxygens (including phenoxy) is 1. The molecule has 0 atom stereocenters. The first-order valence-electron chi connectivity index (χ1n) is 9.96. The van der Waals surface area contributed by atoms with E-state index in [0.29, 0.717) is 11.3 Å². The molecule has 0 fully saturated rings. The number of para-hydroxylation sites is 1. The lowest BCUT2D eigenvalue weighted by atomic mass is 10.0. The van der Waals surface area contributed by atoms with Gasteiger partial charge >= 0.3 is 6.18 Å².